The third-order valence-corrected chi connectivity index (χ3v) is 5.95. The number of anilines is 1. The molecule has 0 spiro atoms. The van der Waals surface area contributed by atoms with Gasteiger partial charge in [-0.15, -0.1) is 0 Å². The Balaban J connectivity index is 1.76. The first-order chi connectivity index (χ1) is 14.4. The highest BCUT2D eigenvalue weighted by Crippen LogP contribution is 2.27. The van der Waals surface area contributed by atoms with Crippen LogP contribution in [0.15, 0.2) is 42.5 Å². The maximum absolute atomic E-state index is 12.6. The van der Waals surface area contributed by atoms with Gasteiger partial charge in [-0.3, -0.25) is 9.59 Å². The molecule has 3 N–H and O–H groups in total. The zero-order chi connectivity index (χ0) is 21.7. The van der Waals surface area contributed by atoms with Gasteiger partial charge in [0.25, 0.3) is 5.91 Å². The van der Waals surface area contributed by atoms with E-state index in [1.165, 1.54) is 0 Å². The van der Waals surface area contributed by atoms with Gasteiger partial charge in [-0.1, -0.05) is 24.4 Å². The molecule has 0 aromatic heterocycles. The third kappa shape index (κ3) is 5.32. The highest BCUT2D eigenvalue weighted by Gasteiger charge is 2.29. The number of halogens is 1. The summed E-state index contributed by atoms with van der Waals surface area (Å²) >= 11 is 6.41. The van der Waals surface area contributed by atoms with Crippen LogP contribution in [0.5, 0.6) is 5.75 Å². The fraction of sp³-hybridized carbons (Fsp3) is 0.391. The predicted octanol–water partition coefficient (Wildman–Crippen LogP) is 4.22. The van der Waals surface area contributed by atoms with Crippen LogP contribution in [0.2, 0.25) is 5.02 Å². The summed E-state index contributed by atoms with van der Waals surface area (Å²) in [5.41, 5.74) is 8.21. The number of nitrogens with two attached hydrogens (primary N) is 1. The molecule has 2 atom stereocenters. The number of carbonyl (C=O) groups is 2. The van der Waals surface area contributed by atoms with Crippen molar-refractivity contribution in [3.63, 3.8) is 0 Å². The molecule has 160 valence electrons. The minimum atomic E-state index is -0.233. The number of hydrogen-bond donors (Lipinski definition) is 2. The lowest BCUT2D eigenvalue weighted by Crippen LogP contribution is -2.51. The van der Waals surface area contributed by atoms with Gasteiger partial charge in [0.1, 0.15) is 5.75 Å². The average Bonchev–Trinajstić information content (AvgIpc) is 2.74. The van der Waals surface area contributed by atoms with Crippen molar-refractivity contribution in [1.29, 1.82) is 0 Å². The van der Waals surface area contributed by atoms with Crippen LogP contribution in [0, 0.1) is 0 Å². The molecule has 1 aliphatic rings. The molecule has 7 heteroatoms. The Morgan fingerprint density at radius 3 is 2.50 bits per heavy atom. The molecular weight excluding hydrogens is 402 g/mol. The maximum Gasteiger partial charge on any atom is 0.255 e. The maximum atomic E-state index is 12.6. The second kappa shape index (κ2) is 9.96. The van der Waals surface area contributed by atoms with Crippen molar-refractivity contribution in [1.82, 2.24) is 4.90 Å². The van der Waals surface area contributed by atoms with Crippen molar-refractivity contribution in [3.05, 3.63) is 58.6 Å². The Kier molecular flexibility index (Phi) is 7.34. The first-order valence-electron chi connectivity index (χ1n) is 10.2. The molecule has 0 aliphatic heterocycles. The van der Waals surface area contributed by atoms with E-state index >= 15 is 0 Å². The Morgan fingerprint density at radius 1 is 1.17 bits per heavy atom. The molecule has 0 bridgehead atoms. The number of methoxy groups -OCH3 is 1. The monoisotopic (exact) mass is 429 g/mol. The van der Waals surface area contributed by atoms with Crippen LogP contribution in [0.3, 0.4) is 0 Å². The summed E-state index contributed by atoms with van der Waals surface area (Å²) in [5.74, 6) is 0.426. The second-order valence-corrected chi connectivity index (χ2v) is 8.06. The second-order valence-electron chi connectivity index (χ2n) is 7.65. The number of rotatable bonds is 6. The molecule has 0 heterocycles. The molecular formula is C23H28ClN3O3. The number of nitrogens with zero attached hydrogens (tertiary/aromatic N) is 1. The SMILES string of the molecule is COc1ccc(C(=O)Nc2ccc(Cl)c(CN(C(C)=O)C3CCCCC3N)c2)cc1. The predicted molar refractivity (Wildman–Crippen MR) is 119 cm³/mol. The molecule has 0 radical (unpaired) electrons. The summed E-state index contributed by atoms with van der Waals surface area (Å²) in [7, 11) is 1.58. The van der Waals surface area contributed by atoms with Gasteiger partial charge < -0.3 is 20.7 Å². The number of hydrogen-bond acceptors (Lipinski definition) is 4. The van der Waals surface area contributed by atoms with E-state index in [1.54, 1.807) is 55.3 Å². The standard InChI is InChI=1S/C23H28ClN3O3/c1-15(28)27(22-6-4-3-5-21(22)25)14-17-13-18(9-12-20(17)24)26-23(29)16-7-10-19(30-2)11-8-16/h7-13,21-22H,3-6,14,25H2,1-2H3,(H,26,29). The van der Waals surface area contributed by atoms with E-state index in [0.717, 1.165) is 31.2 Å². The summed E-state index contributed by atoms with van der Waals surface area (Å²) < 4.78 is 5.12. The molecule has 1 aliphatic carbocycles. The highest BCUT2D eigenvalue weighted by atomic mass is 35.5. The number of benzene rings is 2. The molecule has 30 heavy (non-hydrogen) atoms. The molecule has 2 amide bonds. The van der Waals surface area contributed by atoms with Crippen molar-refractivity contribution < 1.29 is 14.3 Å². The number of carbonyl (C=O) groups excluding carboxylic acids is 2. The van der Waals surface area contributed by atoms with Crippen LogP contribution >= 0.6 is 11.6 Å². The van der Waals surface area contributed by atoms with Crippen LogP contribution in [-0.4, -0.2) is 35.9 Å². The third-order valence-electron chi connectivity index (χ3n) is 5.58. The average molecular weight is 430 g/mol. The topological polar surface area (TPSA) is 84.7 Å². The lowest BCUT2D eigenvalue weighted by molar-refractivity contribution is -0.133. The molecule has 1 saturated carbocycles. The quantitative estimate of drug-likeness (QED) is 0.720. The van der Waals surface area contributed by atoms with Gasteiger partial charge in [-0.25, -0.2) is 0 Å². The molecule has 0 saturated heterocycles. The Hall–Kier alpha value is -2.57. The Labute approximate surface area is 182 Å². The summed E-state index contributed by atoms with van der Waals surface area (Å²) in [6.07, 6.45) is 3.97. The smallest absolute Gasteiger partial charge is 0.255 e. The van der Waals surface area contributed by atoms with E-state index in [4.69, 9.17) is 22.1 Å². The summed E-state index contributed by atoms with van der Waals surface area (Å²) in [5, 5.41) is 3.44. The van der Waals surface area contributed by atoms with E-state index in [9.17, 15) is 9.59 Å². The Morgan fingerprint density at radius 2 is 1.87 bits per heavy atom. The molecule has 2 aromatic carbocycles. The van der Waals surface area contributed by atoms with Gasteiger partial charge in [-0.2, -0.15) is 0 Å². The zero-order valence-corrected chi connectivity index (χ0v) is 18.1. The molecule has 2 aromatic rings. The van der Waals surface area contributed by atoms with Crippen molar-refractivity contribution in [2.45, 2.75) is 51.2 Å². The first-order valence-corrected chi connectivity index (χ1v) is 10.5. The summed E-state index contributed by atoms with van der Waals surface area (Å²) in [6.45, 7) is 1.92. The minimum Gasteiger partial charge on any atom is -0.497 e. The van der Waals surface area contributed by atoms with Crippen molar-refractivity contribution >= 4 is 29.1 Å². The first kappa shape index (κ1) is 22.1. The minimum absolute atomic E-state index is 0.00450. The fourth-order valence-electron chi connectivity index (χ4n) is 3.89. The van der Waals surface area contributed by atoms with Crippen LogP contribution in [-0.2, 0) is 11.3 Å². The van der Waals surface area contributed by atoms with Gasteiger partial charge in [0.05, 0.1) is 7.11 Å². The molecule has 1 fully saturated rings. The van der Waals surface area contributed by atoms with E-state index in [-0.39, 0.29) is 23.9 Å². The van der Waals surface area contributed by atoms with Gasteiger partial charge in [0, 0.05) is 41.8 Å². The van der Waals surface area contributed by atoms with Crippen molar-refractivity contribution in [3.8, 4) is 5.75 Å². The largest absolute Gasteiger partial charge is 0.497 e. The van der Waals surface area contributed by atoms with Gasteiger partial charge in [0.2, 0.25) is 5.91 Å². The molecule has 3 rings (SSSR count). The van der Waals surface area contributed by atoms with Gasteiger partial charge in [0.15, 0.2) is 0 Å². The van der Waals surface area contributed by atoms with E-state index in [1.807, 2.05) is 6.07 Å². The summed E-state index contributed by atoms with van der Waals surface area (Å²) in [4.78, 5) is 26.7. The molecule has 6 nitrogen and oxygen atoms in total. The lowest BCUT2D eigenvalue weighted by Gasteiger charge is -2.38. The summed E-state index contributed by atoms with van der Waals surface area (Å²) in [6, 6.07) is 12.1. The van der Waals surface area contributed by atoms with Crippen LogP contribution in [0.4, 0.5) is 5.69 Å². The van der Waals surface area contributed by atoms with E-state index < -0.39 is 0 Å². The Bertz CT molecular complexity index is 901. The van der Waals surface area contributed by atoms with Crippen LogP contribution < -0.4 is 15.8 Å². The van der Waals surface area contributed by atoms with Crippen molar-refractivity contribution in [2.24, 2.45) is 5.73 Å². The lowest BCUT2D eigenvalue weighted by atomic mass is 9.89. The normalized spacial score (nSPS) is 18.5. The number of amides is 2. The van der Waals surface area contributed by atoms with Crippen LogP contribution in [0.25, 0.3) is 0 Å². The van der Waals surface area contributed by atoms with Gasteiger partial charge in [-0.05, 0) is 60.9 Å². The highest BCUT2D eigenvalue weighted by molar-refractivity contribution is 6.31. The van der Waals surface area contributed by atoms with E-state index in [0.29, 0.717) is 28.6 Å². The number of ether oxygens (including phenoxy) is 1. The van der Waals surface area contributed by atoms with E-state index in [2.05, 4.69) is 5.32 Å². The number of nitrogens with one attached hydrogen (secondary N) is 1. The van der Waals surface area contributed by atoms with Gasteiger partial charge >= 0.3 is 0 Å². The van der Waals surface area contributed by atoms with Crippen LogP contribution in [0.1, 0.15) is 48.5 Å². The molecule has 2 unspecified atom stereocenters. The fourth-order valence-corrected chi connectivity index (χ4v) is 4.07. The zero-order valence-electron chi connectivity index (χ0n) is 17.4. The van der Waals surface area contributed by atoms with Crippen molar-refractivity contribution in [2.75, 3.05) is 12.4 Å².